The number of hydrogen-bond acceptors (Lipinski definition) is 4. The summed E-state index contributed by atoms with van der Waals surface area (Å²) in [5, 5.41) is 0. The van der Waals surface area contributed by atoms with Gasteiger partial charge in [-0.2, -0.15) is 8.42 Å². The van der Waals surface area contributed by atoms with Crippen LogP contribution in [0, 0.1) is 0 Å². The van der Waals surface area contributed by atoms with Crippen molar-refractivity contribution in [3.63, 3.8) is 0 Å². The summed E-state index contributed by atoms with van der Waals surface area (Å²) in [5.74, 6) is 0.500. The van der Waals surface area contributed by atoms with Gasteiger partial charge in [0.25, 0.3) is 10.1 Å². The predicted octanol–water partition coefficient (Wildman–Crippen LogP) is 0.824. The van der Waals surface area contributed by atoms with Gasteiger partial charge in [0.2, 0.25) is 0 Å². The molecule has 1 rings (SSSR count). The fraction of sp³-hybridized carbons (Fsp3) is 0.200. The first-order chi connectivity index (χ1) is 7.54. The van der Waals surface area contributed by atoms with E-state index in [1.165, 1.54) is 30.5 Å². The molecular formula is C10H13NaO5S. The van der Waals surface area contributed by atoms with E-state index in [0.29, 0.717) is 19.0 Å². The Balaban J connectivity index is 0.00000256. The Hall–Kier alpha value is -0.530. The molecule has 0 bridgehead atoms. The van der Waals surface area contributed by atoms with Gasteiger partial charge >= 0.3 is 29.6 Å². The van der Waals surface area contributed by atoms with Crippen LogP contribution in [0.5, 0.6) is 5.75 Å². The van der Waals surface area contributed by atoms with Gasteiger partial charge in [-0.25, -0.2) is 0 Å². The quantitative estimate of drug-likeness (QED) is 0.358. The van der Waals surface area contributed by atoms with Gasteiger partial charge in [-0.1, -0.05) is 6.58 Å². The summed E-state index contributed by atoms with van der Waals surface area (Å²) >= 11 is 0. The van der Waals surface area contributed by atoms with Crippen LogP contribution in [-0.2, 0) is 14.9 Å². The van der Waals surface area contributed by atoms with Gasteiger partial charge in [0.05, 0.1) is 11.2 Å². The van der Waals surface area contributed by atoms with Gasteiger partial charge in [0, 0.05) is 0 Å². The summed E-state index contributed by atoms with van der Waals surface area (Å²) < 4.78 is 40.2. The van der Waals surface area contributed by atoms with Crippen molar-refractivity contribution in [1.29, 1.82) is 0 Å². The van der Waals surface area contributed by atoms with E-state index in [4.69, 9.17) is 14.0 Å². The summed E-state index contributed by atoms with van der Waals surface area (Å²) in [5.41, 5.74) is 0. The van der Waals surface area contributed by atoms with Crippen molar-refractivity contribution in [1.82, 2.24) is 0 Å². The van der Waals surface area contributed by atoms with Crippen LogP contribution in [-0.4, -0.2) is 55.7 Å². The van der Waals surface area contributed by atoms with Crippen LogP contribution in [0.25, 0.3) is 0 Å². The molecule has 5 nitrogen and oxygen atoms in total. The maximum atomic E-state index is 10.7. The zero-order valence-electron chi connectivity index (χ0n) is 8.50. The fourth-order valence-corrected chi connectivity index (χ4v) is 1.48. The molecule has 0 unspecified atom stereocenters. The molecule has 90 valence electrons. The molecule has 7 heteroatoms. The van der Waals surface area contributed by atoms with E-state index >= 15 is 0 Å². The van der Waals surface area contributed by atoms with Crippen LogP contribution in [0.3, 0.4) is 0 Å². The summed E-state index contributed by atoms with van der Waals surface area (Å²) in [6.07, 6.45) is 1.31. The topological polar surface area (TPSA) is 72.8 Å². The van der Waals surface area contributed by atoms with Crippen LogP contribution in [0.4, 0.5) is 0 Å². The Bertz CT molecular complexity index is 440. The monoisotopic (exact) mass is 268 g/mol. The molecule has 0 radical (unpaired) electrons. The van der Waals surface area contributed by atoms with E-state index in [1.54, 1.807) is 0 Å². The minimum absolute atomic E-state index is 0. The van der Waals surface area contributed by atoms with Crippen molar-refractivity contribution in [3.8, 4) is 5.75 Å². The SMILES string of the molecule is C=COCCOc1ccc(S(=O)(=O)O)cc1.[NaH]. The van der Waals surface area contributed by atoms with E-state index in [1.807, 2.05) is 0 Å². The molecule has 0 aromatic heterocycles. The molecule has 17 heavy (non-hydrogen) atoms. The van der Waals surface area contributed by atoms with Crippen molar-refractivity contribution in [2.75, 3.05) is 13.2 Å². The molecule has 0 saturated carbocycles. The van der Waals surface area contributed by atoms with Crippen molar-refractivity contribution in [2.24, 2.45) is 0 Å². The number of hydrogen-bond donors (Lipinski definition) is 1. The van der Waals surface area contributed by atoms with E-state index in [0.717, 1.165) is 0 Å². The second-order valence-corrected chi connectivity index (χ2v) is 4.25. The standard InChI is InChI=1S/C10H12O5S.Na.H/c1-2-14-7-8-15-9-3-5-10(6-4-9)16(11,12)13;;/h2-6H,1,7-8H2,(H,11,12,13);;. The molecule has 1 aromatic carbocycles. The Kier molecular flexibility index (Phi) is 7.49. The van der Waals surface area contributed by atoms with Crippen molar-refractivity contribution >= 4 is 39.7 Å². The molecule has 0 aliphatic carbocycles. The molecule has 0 heterocycles. The third kappa shape index (κ3) is 6.09. The Labute approximate surface area is 122 Å². The molecule has 0 aliphatic rings. The van der Waals surface area contributed by atoms with Gasteiger partial charge in [-0.05, 0) is 24.3 Å². The number of rotatable bonds is 6. The summed E-state index contributed by atoms with van der Waals surface area (Å²) in [6, 6.07) is 5.44. The fourth-order valence-electron chi connectivity index (χ4n) is 0.999. The van der Waals surface area contributed by atoms with Gasteiger partial charge in [0.1, 0.15) is 19.0 Å². The van der Waals surface area contributed by atoms with Gasteiger partial charge in [0.15, 0.2) is 0 Å². The Morgan fingerprint density at radius 3 is 2.29 bits per heavy atom. The molecule has 0 fully saturated rings. The number of benzene rings is 1. The summed E-state index contributed by atoms with van der Waals surface area (Å²) in [6.45, 7) is 4.07. The minimum atomic E-state index is -4.14. The molecule has 0 saturated heterocycles. The van der Waals surface area contributed by atoms with Crippen LogP contribution in [0.1, 0.15) is 0 Å². The molecule has 0 atom stereocenters. The number of ether oxygens (including phenoxy) is 2. The first-order valence-corrected chi connectivity index (χ1v) is 5.91. The predicted molar refractivity (Wildman–Crippen MR) is 65.0 cm³/mol. The summed E-state index contributed by atoms with van der Waals surface area (Å²) in [4.78, 5) is -0.165. The zero-order valence-corrected chi connectivity index (χ0v) is 9.31. The van der Waals surface area contributed by atoms with E-state index in [-0.39, 0.29) is 34.5 Å². The molecule has 0 aliphatic heterocycles. The van der Waals surface area contributed by atoms with E-state index < -0.39 is 10.1 Å². The molecule has 1 N–H and O–H groups in total. The average molecular weight is 268 g/mol. The third-order valence-corrected chi connectivity index (χ3v) is 2.58. The first-order valence-electron chi connectivity index (χ1n) is 4.47. The van der Waals surface area contributed by atoms with Crippen LogP contribution < -0.4 is 4.74 Å². The van der Waals surface area contributed by atoms with Gasteiger partial charge < -0.3 is 9.47 Å². The second kappa shape index (κ2) is 7.73. The van der Waals surface area contributed by atoms with Crippen molar-refractivity contribution < 1.29 is 22.4 Å². The Morgan fingerprint density at radius 2 is 1.82 bits per heavy atom. The third-order valence-electron chi connectivity index (χ3n) is 1.71. The summed E-state index contributed by atoms with van der Waals surface area (Å²) in [7, 11) is -4.14. The van der Waals surface area contributed by atoms with Gasteiger partial charge in [-0.15, -0.1) is 0 Å². The average Bonchev–Trinajstić information content (AvgIpc) is 2.24. The zero-order chi connectivity index (χ0) is 12.0. The Morgan fingerprint density at radius 1 is 1.24 bits per heavy atom. The van der Waals surface area contributed by atoms with Gasteiger partial charge in [-0.3, -0.25) is 4.55 Å². The maximum absolute atomic E-state index is 10.7. The van der Waals surface area contributed by atoms with Crippen LogP contribution >= 0.6 is 0 Å². The van der Waals surface area contributed by atoms with E-state index in [2.05, 4.69) is 6.58 Å². The molecule has 1 aromatic rings. The molecular weight excluding hydrogens is 255 g/mol. The van der Waals surface area contributed by atoms with Crippen LogP contribution in [0.15, 0.2) is 42.0 Å². The van der Waals surface area contributed by atoms with E-state index in [9.17, 15) is 8.42 Å². The normalized spacial score (nSPS) is 10.2. The molecule has 0 amide bonds. The van der Waals surface area contributed by atoms with Crippen molar-refractivity contribution in [2.45, 2.75) is 4.90 Å². The second-order valence-electron chi connectivity index (χ2n) is 2.83. The molecule has 0 spiro atoms. The first kappa shape index (κ1) is 16.5. The van der Waals surface area contributed by atoms with Crippen molar-refractivity contribution in [3.05, 3.63) is 37.1 Å². The van der Waals surface area contributed by atoms with Crippen LogP contribution in [0.2, 0.25) is 0 Å².